The van der Waals surface area contributed by atoms with Crippen LogP contribution < -0.4 is 20.1 Å². The molecule has 0 bridgehead atoms. The lowest BCUT2D eigenvalue weighted by molar-refractivity contribution is -0.120. The molecule has 0 saturated heterocycles. The molecule has 0 aliphatic carbocycles. The van der Waals surface area contributed by atoms with Gasteiger partial charge < -0.3 is 14.8 Å². The number of ether oxygens (including phenoxy) is 2. The number of carbonyl (C=O) groups is 2. The normalized spacial score (nSPS) is 12.7. The standard InChI is InChI=1S/C17H19N3O4S/c1-20(9-12-4-7-25-11-12)10-16(21)19-17(22)18-13-2-3-14-15(8-13)24-6-5-23-14/h2-4,7-8,11H,5-6,9-10H2,1H3,(H2,18,19,21,22). The summed E-state index contributed by atoms with van der Waals surface area (Å²) in [7, 11) is 1.83. The lowest BCUT2D eigenvalue weighted by Crippen LogP contribution is -2.40. The Kier molecular flexibility index (Phi) is 5.52. The molecule has 7 nitrogen and oxygen atoms in total. The smallest absolute Gasteiger partial charge is 0.325 e. The van der Waals surface area contributed by atoms with Crippen molar-refractivity contribution in [3.63, 3.8) is 0 Å². The third kappa shape index (κ3) is 4.94. The van der Waals surface area contributed by atoms with Gasteiger partial charge in [0.25, 0.3) is 0 Å². The molecule has 0 radical (unpaired) electrons. The number of imide groups is 1. The Labute approximate surface area is 149 Å². The molecule has 0 atom stereocenters. The van der Waals surface area contributed by atoms with Crippen molar-refractivity contribution in [2.24, 2.45) is 0 Å². The molecule has 2 heterocycles. The Hall–Kier alpha value is -2.58. The first-order chi connectivity index (χ1) is 12.1. The Bertz CT molecular complexity index is 748. The van der Waals surface area contributed by atoms with Gasteiger partial charge in [-0.3, -0.25) is 15.0 Å². The maximum absolute atomic E-state index is 12.0. The monoisotopic (exact) mass is 361 g/mol. The maximum Gasteiger partial charge on any atom is 0.325 e. The number of rotatable bonds is 5. The Morgan fingerprint density at radius 2 is 2.00 bits per heavy atom. The minimum atomic E-state index is -0.578. The molecule has 3 rings (SSSR count). The van der Waals surface area contributed by atoms with Gasteiger partial charge in [0, 0.05) is 18.3 Å². The predicted molar refractivity (Wildman–Crippen MR) is 95.2 cm³/mol. The van der Waals surface area contributed by atoms with Crippen LogP contribution in [-0.2, 0) is 11.3 Å². The van der Waals surface area contributed by atoms with Crippen LogP contribution >= 0.6 is 11.3 Å². The highest BCUT2D eigenvalue weighted by atomic mass is 32.1. The van der Waals surface area contributed by atoms with E-state index in [9.17, 15) is 9.59 Å². The highest BCUT2D eigenvalue weighted by Gasteiger charge is 2.14. The molecular formula is C17H19N3O4S. The molecule has 0 fully saturated rings. The van der Waals surface area contributed by atoms with Crippen molar-refractivity contribution in [2.45, 2.75) is 6.54 Å². The number of hydrogen-bond donors (Lipinski definition) is 2. The maximum atomic E-state index is 12.0. The largest absolute Gasteiger partial charge is 0.486 e. The van der Waals surface area contributed by atoms with Crippen molar-refractivity contribution in [1.29, 1.82) is 0 Å². The van der Waals surface area contributed by atoms with E-state index >= 15 is 0 Å². The molecule has 8 heteroatoms. The van der Waals surface area contributed by atoms with E-state index < -0.39 is 6.03 Å². The van der Waals surface area contributed by atoms with Gasteiger partial charge >= 0.3 is 6.03 Å². The molecule has 3 amide bonds. The van der Waals surface area contributed by atoms with Crippen LogP contribution in [0.25, 0.3) is 0 Å². The number of anilines is 1. The van der Waals surface area contributed by atoms with E-state index in [1.54, 1.807) is 29.5 Å². The van der Waals surface area contributed by atoms with Crippen molar-refractivity contribution in [3.05, 3.63) is 40.6 Å². The molecule has 0 saturated carbocycles. The zero-order valence-electron chi connectivity index (χ0n) is 13.8. The SMILES string of the molecule is CN(CC(=O)NC(=O)Nc1ccc2c(c1)OCCO2)Cc1ccsc1. The molecule has 25 heavy (non-hydrogen) atoms. The van der Waals surface area contributed by atoms with Crippen molar-refractivity contribution in [1.82, 2.24) is 10.2 Å². The Balaban J connectivity index is 1.47. The van der Waals surface area contributed by atoms with Gasteiger partial charge in [-0.05, 0) is 41.6 Å². The second-order valence-electron chi connectivity index (χ2n) is 5.66. The molecule has 132 valence electrons. The van der Waals surface area contributed by atoms with Crippen LogP contribution in [0, 0.1) is 0 Å². The predicted octanol–water partition coefficient (Wildman–Crippen LogP) is 2.30. The molecule has 0 spiro atoms. The average molecular weight is 361 g/mol. The van der Waals surface area contributed by atoms with Crippen LogP contribution in [0.3, 0.4) is 0 Å². The molecule has 1 aromatic carbocycles. The minimum absolute atomic E-state index is 0.129. The van der Waals surface area contributed by atoms with Crippen LogP contribution in [0.4, 0.5) is 10.5 Å². The van der Waals surface area contributed by atoms with E-state index in [2.05, 4.69) is 10.6 Å². The molecule has 1 aromatic heterocycles. The topological polar surface area (TPSA) is 79.9 Å². The number of amides is 3. The van der Waals surface area contributed by atoms with Crippen LogP contribution in [0.2, 0.25) is 0 Å². The van der Waals surface area contributed by atoms with E-state index in [1.165, 1.54) is 0 Å². The van der Waals surface area contributed by atoms with Crippen LogP contribution in [0.1, 0.15) is 5.56 Å². The third-order valence-corrected chi connectivity index (χ3v) is 4.23. The van der Waals surface area contributed by atoms with Gasteiger partial charge in [-0.1, -0.05) is 0 Å². The van der Waals surface area contributed by atoms with E-state index in [0.29, 0.717) is 36.9 Å². The number of thiophene rings is 1. The number of benzene rings is 1. The zero-order valence-corrected chi connectivity index (χ0v) is 14.6. The number of nitrogens with one attached hydrogen (secondary N) is 2. The van der Waals surface area contributed by atoms with Crippen molar-refractivity contribution in [3.8, 4) is 11.5 Å². The number of fused-ring (bicyclic) bond motifs is 1. The summed E-state index contributed by atoms with van der Waals surface area (Å²) in [5.41, 5.74) is 1.67. The molecule has 2 N–H and O–H groups in total. The van der Waals surface area contributed by atoms with E-state index in [1.807, 2.05) is 28.8 Å². The number of likely N-dealkylation sites (N-methyl/N-ethyl adjacent to an activating group) is 1. The highest BCUT2D eigenvalue weighted by molar-refractivity contribution is 7.07. The van der Waals surface area contributed by atoms with Gasteiger partial charge in [-0.25, -0.2) is 4.79 Å². The van der Waals surface area contributed by atoms with E-state index in [-0.39, 0.29) is 12.5 Å². The molecular weight excluding hydrogens is 342 g/mol. The van der Waals surface area contributed by atoms with Gasteiger partial charge in [0.2, 0.25) is 5.91 Å². The fraction of sp³-hybridized carbons (Fsp3) is 0.294. The third-order valence-electron chi connectivity index (χ3n) is 3.50. The summed E-state index contributed by atoms with van der Waals surface area (Å²) in [6.45, 7) is 1.76. The summed E-state index contributed by atoms with van der Waals surface area (Å²) in [5.74, 6) is 0.849. The Morgan fingerprint density at radius 3 is 2.76 bits per heavy atom. The van der Waals surface area contributed by atoms with E-state index in [4.69, 9.17) is 9.47 Å². The van der Waals surface area contributed by atoms with Gasteiger partial charge in [0.15, 0.2) is 11.5 Å². The fourth-order valence-corrected chi connectivity index (χ4v) is 3.10. The van der Waals surface area contributed by atoms with Crippen LogP contribution in [0.15, 0.2) is 35.0 Å². The van der Waals surface area contributed by atoms with Crippen molar-refractivity contribution in [2.75, 3.05) is 32.1 Å². The summed E-state index contributed by atoms with van der Waals surface area (Å²) in [6.07, 6.45) is 0. The van der Waals surface area contributed by atoms with E-state index in [0.717, 1.165) is 5.56 Å². The van der Waals surface area contributed by atoms with Crippen LogP contribution in [-0.4, -0.2) is 43.6 Å². The van der Waals surface area contributed by atoms with Gasteiger partial charge in [-0.15, -0.1) is 0 Å². The quantitative estimate of drug-likeness (QED) is 0.854. The number of urea groups is 1. The molecule has 1 aliphatic heterocycles. The Morgan fingerprint density at radius 1 is 1.20 bits per heavy atom. The lowest BCUT2D eigenvalue weighted by Gasteiger charge is -2.19. The lowest BCUT2D eigenvalue weighted by atomic mass is 10.2. The number of carbonyl (C=O) groups excluding carboxylic acids is 2. The summed E-state index contributed by atoms with van der Waals surface area (Å²) in [5, 5.41) is 8.96. The van der Waals surface area contributed by atoms with Crippen molar-refractivity contribution < 1.29 is 19.1 Å². The van der Waals surface area contributed by atoms with Gasteiger partial charge in [-0.2, -0.15) is 11.3 Å². The first kappa shape index (κ1) is 17.2. The summed E-state index contributed by atoms with van der Waals surface area (Å²) in [6, 6.07) is 6.51. The second kappa shape index (κ2) is 8.00. The summed E-state index contributed by atoms with van der Waals surface area (Å²) < 4.78 is 10.9. The average Bonchev–Trinajstić information content (AvgIpc) is 3.07. The molecule has 2 aromatic rings. The summed E-state index contributed by atoms with van der Waals surface area (Å²) in [4.78, 5) is 25.8. The number of nitrogens with zero attached hydrogens (tertiary/aromatic N) is 1. The van der Waals surface area contributed by atoms with Crippen LogP contribution in [0.5, 0.6) is 11.5 Å². The molecule has 1 aliphatic rings. The first-order valence-electron chi connectivity index (χ1n) is 7.80. The van der Waals surface area contributed by atoms with Gasteiger partial charge in [0.05, 0.1) is 6.54 Å². The fourth-order valence-electron chi connectivity index (χ4n) is 2.44. The molecule has 0 unspecified atom stereocenters. The summed E-state index contributed by atoms with van der Waals surface area (Å²) >= 11 is 1.61. The highest BCUT2D eigenvalue weighted by Crippen LogP contribution is 2.32. The number of hydrogen-bond acceptors (Lipinski definition) is 6. The minimum Gasteiger partial charge on any atom is -0.486 e. The zero-order chi connectivity index (χ0) is 17.6. The van der Waals surface area contributed by atoms with Gasteiger partial charge in [0.1, 0.15) is 13.2 Å². The first-order valence-corrected chi connectivity index (χ1v) is 8.74. The van der Waals surface area contributed by atoms with Crippen molar-refractivity contribution >= 4 is 29.0 Å². The second-order valence-corrected chi connectivity index (χ2v) is 6.44.